The number of aryl methyl sites for hydroxylation is 1. The molecule has 29 heavy (non-hydrogen) atoms. The molecule has 3 rings (SSSR count). The van der Waals surface area contributed by atoms with Crippen molar-refractivity contribution in [3.63, 3.8) is 0 Å². The van der Waals surface area contributed by atoms with Crippen LogP contribution in [0.4, 0.5) is 11.4 Å². The Balaban J connectivity index is 1.73. The number of hydrogen-bond acceptors (Lipinski definition) is 5. The van der Waals surface area contributed by atoms with Crippen LogP contribution in [0.25, 0.3) is 0 Å². The van der Waals surface area contributed by atoms with E-state index in [-0.39, 0.29) is 5.91 Å². The number of esters is 1. The highest BCUT2D eigenvalue weighted by atomic mass is 32.2. The summed E-state index contributed by atoms with van der Waals surface area (Å²) in [5.74, 6) is -0.961. The SMILES string of the molecule is C[C@@H](OC(=O)c1ccc2c(c1)CCCN2S(C)(=O)=O)C(=O)N(C)c1ccccc1. The lowest BCUT2D eigenvalue weighted by atomic mass is 10.0. The Morgan fingerprint density at radius 1 is 1.14 bits per heavy atom. The van der Waals surface area contributed by atoms with Gasteiger partial charge in [-0.2, -0.15) is 0 Å². The van der Waals surface area contributed by atoms with Crippen LogP contribution in [0.15, 0.2) is 48.5 Å². The Kier molecular flexibility index (Phi) is 5.93. The number of ether oxygens (including phenoxy) is 1. The van der Waals surface area contributed by atoms with Crippen LogP contribution in [0.2, 0.25) is 0 Å². The lowest BCUT2D eigenvalue weighted by molar-refractivity contribution is -0.126. The van der Waals surface area contributed by atoms with Crippen molar-refractivity contribution in [1.29, 1.82) is 0 Å². The molecule has 0 fully saturated rings. The third-order valence-electron chi connectivity index (χ3n) is 4.90. The van der Waals surface area contributed by atoms with Crippen molar-refractivity contribution in [3.05, 3.63) is 59.7 Å². The van der Waals surface area contributed by atoms with Crippen LogP contribution in [0.3, 0.4) is 0 Å². The van der Waals surface area contributed by atoms with Crippen LogP contribution in [0, 0.1) is 0 Å². The molecule has 1 aliphatic rings. The maximum Gasteiger partial charge on any atom is 0.338 e. The minimum Gasteiger partial charge on any atom is -0.449 e. The van der Waals surface area contributed by atoms with E-state index in [4.69, 9.17) is 4.74 Å². The molecule has 0 saturated heterocycles. The largest absolute Gasteiger partial charge is 0.449 e. The molecular formula is C21H24N2O5S. The first-order chi connectivity index (χ1) is 13.7. The van der Waals surface area contributed by atoms with Gasteiger partial charge in [0.05, 0.1) is 17.5 Å². The van der Waals surface area contributed by atoms with E-state index in [0.717, 1.165) is 5.56 Å². The third-order valence-corrected chi connectivity index (χ3v) is 6.08. The van der Waals surface area contributed by atoms with Gasteiger partial charge in [0.15, 0.2) is 6.10 Å². The van der Waals surface area contributed by atoms with Crippen molar-refractivity contribution in [1.82, 2.24) is 0 Å². The third kappa shape index (κ3) is 4.59. The summed E-state index contributed by atoms with van der Waals surface area (Å²) in [5, 5.41) is 0. The molecule has 1 amide bonds. The Labute approximate surface area is 170 Å². The fourth-order valence-electron chi connectivity index (χ4n) is 3.36. The van der Waals surface area contributed by atoms with Crippen molar-refractivity contribution in [2.45, 2.75) is 25.9 Å². The van der Waals surface area contributed by atoms with Gasteiger partial charge >= 0.3 is 5.97 Å². The molecular weight excluding hydrogens is 392 g/mol. The molecule has 1 aliphatic heterocycles. The van der Waals surface area contributed by atoms with Gasteiger partial charge in [-0.1, -0.05) is 18.2 Å². The van der Waals surface area contributed by atoms with Gasteiger partial charge < -0.3 is 9.64 Å². The number of amides is 1. The molecule has 8 heteroatoms. The van der Waals surface area contributed by atoms with E-state index in [1.54, 1.807) is 31.3 Å². The number of para-hydroxylation sites is 1. The van der Waals surface area contributed by atoms with E-state index in [1.807, 2.05) is 18.2 Å². The average Bonchev–Trinajstić information content (AvgIpc) is 2.71. The van der Waals surface area contributed by atoms with Crippen LogP contribution < -0.4 is 9.21 Å². The number of fused-ring (bicyclic) bond motifs is 1. The highest BCUT2D eigenvalue weighted by molar-refractivity contribution is 7.92. The Morgan fingerprint density at radius 3 is 2.48 bits per heavy atom. The van der Waals surface area contributed by atoms with E-state index in [1.165, 1.54) is 28.5 Å². The summed E-state index contributed by atoms with van der Waals surface area (Å²) in [5.41, 5.74) is 2.36. The topological polar surface area (TPSA) is 84.0 Å². The lowest BCUT2D eigenvalue weighted by Gasteiger charge is -2.29. The Hall–Kier alpha value is -2.87. The summed E-state index contributed by atoms with van der Waals surface area (Å²) in [4.78, 5) is 26.6. The molecule has 0 bridgehead atoms. The van der Waals surface area contributed by atoms with E-state index >= 15 is 0 Å². The van der Waals surface area contributed by atoms with Crippen LogP contribution >= 0.6 is 0 Å². The fraction of sp³-hybridized carbons (Fsp3) is 0.333. The average molecular weight is 416 g/mol. The van der Waals surface area contributed by atoms with E-state index in [9.17, 15) is 18.0 Å². The van der Waals surface area contributed by atoms with E-state index in [2.05, 4.69) is 0 Å². The predicted octanol–water partition coefficient (Wildman–Crippen LogP) is 2.61. The molecule has 0 aromatic heterocycles. The second-order valence-corrected chi connectivity index (χ2v) is 8.97. The highest BCUT2D eigenvalue weighted by Crippen LogP contribution is 2.30. The summed E-state index contributed by atoms with van der Waals surface area (Å²) in [7, 11) is -1.75. The minimum absolute atomic E-state index is 0.293. The van der Waals surface area contributed by atoms with Gasteiger partial charge in [-0.25, -0.2) is 13.2 Å². The first kappa shape index (κ1) is 20.9. The summed E-state index contributed by atoms with van der Waals surface area (Å²) in [6.07, 6.45) is 1.56. The zero-order chi connectivity index (χ0) is 21.2. The molecule has 0 unspecified atom stereocenters. The fourth-order valence-corrected chi connectivity index (χ4v) is 4.36. The number of rotatable bonds is 5. The molecule has 7 nitrogen and oxygen atoms in total. The quantitative estimate of drug-likeness (QED) is 0.700. The number of anilines is 2. The first-order valence-corrected chi connectivity index (χ1v) is 11.2. The second-order valence-electron chi connectivity index (χ2n) is 7.06. The predicted molar refractivity (Wildman–Crippen MR) is 112 cm³/mol. The van der Waals surface area contributed by atoms with E-state index < -0.39 is 22.1 Å². The molecule has 0 radical (unpaired) electrons. The lowest BCUT2D eigenvalue weighted by Crippen LogP contribution is -2.37. The van der Waals surface area contributed by atoms with E-state index in [0.29, 0.717) is 36.3 Å². The molecule has 1 atom stereocenters. The molecule has 1 heterocycles. The van der Waals surface area contributed by atoms with Gasteiger partial charge in [0.1, 0.15) is 0 Å². The molecule has 2 aromatic rings. The summed E-state index contributed by atoms with van der Waals surface area (Å²) in [6, 6.07) is 13.9. The summed E-state index contributed by atoms with van der Waals surface area (Å²) < 4.78 is 30.6. The number of benzene rings is 2. The highest BCUT2D eigenvalue weighted by Gasteiger charge is 2.27. The number of likely N-dealkylation sites (N-methyl/N-ethyl adjacent to an activating group) is 1. The smallest absolute Gasteiger partial charge is 0.338 e. The van der Waals surface area contributed by atoms with Crippen LogP contribution in [-0.4, -0.2) is 46.2 Å². The van der Waals surface area contributed by atoms with Crippen molar-refractivity contribution in [2.75, 3.05) is 29.1 Å². The number of sulfonamides is 1. The van der Waals surface area contributed by atoms with Gasteiger partial charge in [0.25, 0.3) is 5.91 Å². The Morgan fingerprint density at radius 2 is 1.83 bits per heavy atom. The number of nitrogens with zero attached hydrogens (tertiary/aromatic N) is 2. The molecule has 0 N–H and O–H groups in total. The summed E-state index contributed by atoms with van der Waals surface area (Å²) >= 11 is 0. The minimum atomic E-state index is -3.37. The van der Waals surface area contributed by atoms with Crippen LogP contribution in [-0.2, 0) is 26.0 Å². The standard InChI is InChI=1S/C21H24N2O5S/c1-15(20(24)22(2)18-9-5-4-6-10-18)28-21(25)17-11-12-19-16(14-17)8-7-13-23(19)29(3,26)27/h4-6,9-12,14-15H,7-8,13H2,1-3H3/t15-/m1/s1. The molecule has 0 saturated carbocycles. The second kappa shape index (κ2) is 8.24. The van der Waals surface area contributed by atoms with Gasteiger partial charge in [0.2, 0.25) is 10.0 Å². The van der Waals surface area contributed by atoms with Crippen molar-refractivity contribution in [3.8, 4) is 0 Å². The molecule has 154 valence electrons. The van der Waals surface area contributed by atoms with Crippen molar-refractivity contribution < 1.29 is 22.7 Å². The Bertz CT molecular complexity index is 1020. The maximum absolute atomic E-state index is 12.6. The maximum atomic E-state index is 12.6. The van der Waals surface area contributed by atoms with Crippen LogP contribution in [0.1, 0.15) is 29.3 Å². The number of carbonyl (C=O) groups excluding carboxylic acids is 2. The number of hydrogen-bond donors (Lipinski definition) is 0. The molecule has 2 aromatic carbocycles. The van der Waals surface area contributed by atoms with Gasteiger partial charge in [-0.05, 0) is 55.7 Å². The first-order valence-electron chi connectivity index (χ1n) is 9.32. The van der Waals surface area contributed by atoms with Crippen LogP contribution in [0.5, 0.6) is 0 Å². The molecule has 0 aliphatic carbocycles. The monoisotopic (exact) mass is 416 g/mol. The number of carbonyl (C=O) groups is 2. The van der Waals surface area contributed by atoms with Crippen molar-refractivity contribution >= 4 is 33.3 Å². The molecule has 0 spiro atoms. The zero-order valence-electron chi connectivity index (χ0n) is 16.7. The van der Waals surface area contributed by atoms with Crippen molar-refractivity contribution in [2.24, 2.45) is 0 Å². The van der Waals surface area contributed by atoms with Gasteiger partial charge in [-0.3, -0.25) is 9.10 Å². The summed E-state index contributed by atoms with van der Waals surface area (Å²) in [6.45, 7) is 1.95. The normalized spacial score (nSPS) is 14.7. The van der Waals surface area contributed by atoms with Gasteiger partial charge in [0, 0.05) is 19.3 Å². The van der Waals surface area contributed by atoms with Gasteiger partial charge in [-0.15, -0.1) is 0 Å². The zero-order valence-corrected chi connectivity index (χ0v) is 17.5.